The van der Waals surface area contributed by atoms with Gasteiger partial charge in [0.05, 0.1) is 26.4 Å². The monoisotopic (exact) mass is 262 g/mol. The smallest absolute Gasteiger partial charge is 0.164 e. The van der Waals surface area contributed by atoms with E-state index in [9.17, 15) is 4.79 Å². The van der Waals surface area contributed by atoms with Gasteiger partial charge in [0.1, 0.15) is 11.9 Å². The van der Waals surface area contributed by atoms with Gasteiger partial charge < -0.3 is 14.2 Å². The number of benzene rings is 1. The van der Waals surface area contributed by atoms with Crippen molar-refractivity contribution in [1.82, 2.24) is 0 Å². The molecule has 2 aliphatic rings. The van der Waals surface area contributed by atoms with Crippen LogP contribution in [0, 0.1) is 0 Å². The van der Waals surface area contributed by atoms with Crippen LogP contribution in [0.15, 0.2) is 18.2 Å². The van der Waals surface area contributed by atoms with Crippen LogP contribution in [0.25, 0.3) is 0 Å². The predicted octanol–water partition coefficient (Wildman–Crippen LogP) is 1.54. The Morgan fingerprint density at radius 2 is 2.21 bits per heavy atom. The fraction of sp³-hybridized carbons (Fsp3) is 0.533. The molecule has 2 heterocycles. The van der Waals surface area contributed by atoms with Crippen LogP contribution in [0.4, 0.5) is 0 Å². The van der Waals surface area contributed by atoms with E-state index in [0.29, 0.717) is 26.2 Å². The zero-order valence-corrected chi connectivity index (χ0v) is 10.9. The van der Waals surface area contributed by atoms with Crippen molar-refractivity contribution < 1.29 is 19.0 Å². The van der Waals surface area contributed by atoms with E-state index in [-0.39, 0.29) is 11.9 Å². The van der Waals surface area contributed by atoms with Gasteiger partial charge in [-0.15, -0.1) is 0 Å². The van der Waals surface area contributed by atoms with Gasteiger partial charge in [0.25, 0.3) is 0 Å². The van der Waals surface area contributed by atoms with E-state index in [2.05, 4.69) is 6.07 Å². The number of fused-ring (bicyclic) bond motifs is 1. The summed E-state index contributed by atoms with van der Waals surface area (Å²) in [7, 11) is 0. The third-order valence-corrected chi connectivity index (χ3v) is 3.59. The van der Waals surface area contributed by atoms with Crippen LogP contribution in [0.5, 0.6) is 5.75 Å². The zero-order chi connectivity index (χ0) is 13.1. The zero-order valence-electron chi connectivity index (χ0n) is 10.9. The predicted molar refractivity (Wildman–Crippen MR) is 69.5 cm³/mol. The Morgan fingerprint density at radius 1 is 1.26 bits per heavy atom. The molecule has 19 heavy (non-hydrogen) atoms. The number of hydrogen-bond acceptors (Lipinski definition) is 4. The SMILES string of the molecule is O=C(CCc1ccc2c(c1)CCO2)C1COCCO1. The summed E-state index contributed by atoms with van der Waals surface area (Å²) in [6.45, 7) is 2.28. The van der Waals surface area contributed by atoms with Crippen LogP contribution in [0.1, 0.15) is 17.5 Å². The molecule has 3 rings (SSSR count). The minimum absolute atomic E-state index is 0.136. The third-order valence-electron chi connectivity index (χ3n) is 3.59. The number of carbonyl (C=O) groups is 1. The van der Waals surface area contributed by atoms with Gasteiger partial charge in [0.2, 0.25) is 0 Å². The third kappa shape index (κ3) is 2.96. The standard InChI is InChI=1S/C15H18O4/c16-13(15-10-17-7-8-19-15)3-1-11-2-4-14-12(9-11)5-6-18-14/h2,4,9,15H,1,3,5-8,10H2. The van der Waals surface area contributed by atoms with Crippen molar-refractivity contribution in [1.29, 1.82) is 0 Å². The van der Waals surface area contributed by atoms with Crippen molar-refractivity contribution in [3.8, 4) is 5.75 Å². The van der Waals surface area contributed by atoms with Crippen LogP contribution in [-0.2, 0) is 27.1 Å². The number of rotatable bonds is 4. The highest BCUT2D eigenvalue weighted by molar-refractivity contribution is 5.83. The van der Waals surface area contributed by atoms with Crippen LogP contribution in [0.2, 0.25) is 0 Å². The molecular weight excluding hydrogens is 244 g/mol. The maximum Gasteiger partial charge on any atom is 0.164 e. The molecule has 1 atom stereocenters. The minimum atomic E-state index is -0.369. The number of ketones is 1. The van der Waals surface area contributed by atoms with E-state index in [0.717, 1.165) is 25.2 Å². The van der Waals surface area contributed by atoms with Crippen LogP contribution in [-0.4, -0.2) is 38.3 Å². The Hall–Kier alpha value is -1.39. The molecular formula is C15H18O4. The van der Waals surface area contributed by atoms with Crippen molar-refractivity contribution in [3.63, 3.8) is 0 Å². The molecule has 1 fully saturated rings. The summed E-state index contributed by atoms with van der Waals surface area (Å²) in [5, 5.41) is 0. The van der Waals surface area contributed by atoms with Gasteiger partial charge >= 0.3 is 0 Å². The molecule has 1 unspecified atom stereocenters. The molecule has 0 aliphatic carbocycles. The number of aryl methyl sites for hydroxylation is 1. The number of ether oxygens (including phenoxy) is 3. The molecule has 0 spiro atoms. The van der Waals surface area contributed by atoms with Gasteiger partial charge in [-0.3, -0.25) is 4.79 Å². The van der Waals surface area contributed by atoms with Crippen LogP contribution >= 0.6 is 0 Å². The number of carbonyl (C=O) groups excluding carboxylic acids is 1. The largest absolute Gasteiger partial charge is 0.493 e. The molecule has 2 aliphatic heterocycles. The molecule has 0 saturated carbocycles. The van der Waals surface area contributed by atoms with Crippen LogP contribution < -0.4 is 4.74 Å². The first-order valence-corrected chi connectivity index (χ1v) is 6.79. The van der Waals surface area contributed by atoms with Crippen molar-refractivity contribution in [3.05, 3.63) is 29.3 Å². The molecule has 0 amide bonds. The van der Waals surface area contributed by atoms with Gasteiger partial charge in [-0.2, -0.15) is 0 Å². The molecule has 0 radical (unpaired) electrons. The van der Waals surface area contributed by atoms with Gasteiger partial charge in [0, 0.05) is 12.8 Å². The number of hydrogen-bond donors (Lipinski definition) is 0. The number of Topliss-reactive ketones (excluding diaryl/α,β-unsaturated/α-hetero) is 1. The average molecular weight is 262 g/mol. The summed E-state index contributed by atoms with van der Waals surface area (Å²) >= 11 is 0. The Balaban J connectivity index is 1.55. The highest BCUT2D eigenvalue weighted by atomic mass is 16.6. The molecule has 102 valence electrons. The molecule has 1 saturated heterocycles. The highest BCUT2D eigenvalue weighted by Crippen LogP contribution is 2.26. The summed E-state index contributed by atoms with van der Waals surface area (Å²) in [5.74, 6) is 1.12. The molecule has 0 aromatic heterocycles. The van der Waals surface area contributed by atoms with Gasteiger partial charge in [0.15, 0.2) is 5.78 Å². The maximum atomic E-state index is 12.0. The second-order valence-corrected chi connectivity index (χ2v) is 4.94. The Labute approximate surface area is 112 Å². The molecule has 0 bridgehead atoms. The van der Waals surface area contributed by atoms with E-state index in [1.165, 1.54) is 11.1 Å². The fourth-order valence-electron chi connectivity index (χ4n) is 2.50. The van der Waals surface area contributed by atoms with Crippen molar-refractivity contribution in [2.24, 2.45) is 0 Å². The second-order valence-electron chi connectivity index (χ2n) is 4.94. The molecule has 4 nitrogen and oxygen atoms in total. The molecule has 0 N–H and O–H groups in total. The first-order chi connectivity index (χ1) is 9.33. The molecule has 1 aromatic carbocycles. The van der Waals surface area contributed by atoms with E-state index < -0.39 is 0 Å². The summed E-state index contributed by atoms with van der Waals surface area (Å²) in [6.07, 6.45) is 1.86. The van der Waals surface area contributed by atoms with E-state index >= 15 is 0 Å². The van der Waals surface area contributed by atoms with E-state index in [4.69, 9.17) is 14.2 Å². The second kappa shape index (κ2) is 5.72. The van der Waals surface area contributed by atoms with E-state index in [1.807, 2.05) is 12.1 Å². The lowest BCUT2D eigenvalue weighted by molar-refractivity contribution is -0.145. The minimum Gasteiger partial charge on any atom is -0.493 e. The van der Waals surface area contributed by atoms with Crippen molar-refractivity contribution in [2.45, 2.75) is 25.4 Å². The highest BCUT2D eigenvalue weighted by Gasteiger charge is 2.22. The lowest BCUT2D eigenvalue weighted by atomic mass is 10.0. The van der Waals surface area contributed by atoms with Crippen LogP contribution in [0.3, 0.4) is 0 Å². The molecule has 4 heteroatoms. The fourth-order valence-corrected chi connectivity index (χ4v) is 2.50. The Morgan fingerprint density at radius 3 is 3.05 bits per heavy atom. The van der Waals surface area contributed by atoms with Crippen molar-refractivity contribution >= 4 is 5.78 Å². The maximum absolute atomic E-state index is 12.0. The van der Waals surface area contributed by atoms with Gasteiger partial charge in [-0.25, -0.2) is 0 Å². The first-order valence-electron chi connectivity index (χ1n) is 6.79. The summed E-state index contributed by atoms with van der Waals surface area (Å²) in [4.78, 5) is 12.0. The van der Waals surface area contributed by atoms with Gasteiger partial charge in [-0.1, -0.05) is 12.1 Å². The summed E-state index contributed by atoms with van der Waals surface area (Å²) in [6, 6.07) is 6.19. The topological polar surface area (TPSA) is 44.8 Å². The lowest BCUT2D eigenvalue weighted by Gasteiger charge is -2.21. The summed E-state index contributed by atoms with van der Waals surface area (Å²) in [5.41, 5.74) is 2.44. The lowest BCUT2D eigenvalue weighted by Crippen LogP contribution is -2.35. The van der Waals surface area contributed by atoms with Crippen molar-refractivity contribution in [2.75, 3.05) is 26.4 Å². The van der Waals surface area contributed by atoms with E-state index in [1.54, 1.807) is 0 Å². The normalized spacial score (nSPS) is 21.8. The first kappa shape index (κ1) is 12.6. The quantitative estimate of drug-likeness (QED) is 0.825. The average Bonchev–Trinajstić information content (AvgIpc) is 2.93. The Kier molecular flexibility index (Phi) is 3.80. The summed E-state index contributed by atoms with van der Waals surface area (Å²) < 4.78 is 16.1. The molecule has 1 aromatic rings. The van der Waals surface area contributed by atoms with Gasteiger partial charge in [-0.05, 0) is 23.6 Å². The Bertz CT molecular complexity index is 463.